The van der Waals surface area contributed by atoms with Gasteiger partial charge in [-0.2, -0.15) is 4.31 Å². The lowest BCUT2D eigenvalue weighted by atomic mass is 9.96. The van der Waals surface area contributed by atoms with E-state index in [1.807, 2.05) is 23.3 Å². The highest BCUT2D eigenvalue weighted by molar-refractivity contribution is 7.99. The number of carbonyl (C=O) groups excluding carboxylic acids is 1. The fraction of sp³-hybridized carbons (Fsp3) is 0.588. The largest absolute Gasteiger partial charge is 0.378 e. The number of ether oxygens (including phenoxy) is 1. The normalized spacial score (nSPS) is 20.6. The van der Waals surface area contributed by atoms with Gasteiger partial charge in [0.25, 0.3) is 0 Å². The lowest BCUT2D eigenvalue weighted by molar-refractivity contribution is -0.140. The summed E-state index contributed by atoms with van der Waals surface area (Å²) in [6.45, 7) is 3.24. The molecule has 2 heterocycles. The molecule has 1 amide bonds. The minimum Gasteiger partial charge on any atom is -0.378 e. The zero-order valence-electron chi connectivity index (χ0n) is 14.4. The summed E-state index contributed by atoms with van der Waals surface area (Å²) < 4.78 is 32.7. The van der Waals surface area contributed by atoms with Gasteiger partial charge in [-0.05, 0) is 31.2 Å². The third kappa shape index (κ3) is 4.02. The predicted octanol–water partition coefficient (Wildman–Crippen LogP) is 1.67. The van der Waals surface area contributed by atoms with Crippen LogP contribution in [-0.4, -0.2) is 69.2 Å². The molecule has 2 fully saturated rings. The van der Waals surface area contributed by atoms with Gasteiger partial charge in [0, 0.05) is 37.0 Å². The molecule has 138 valence electrons. The van der Waals surface area contributed by atoms with Crippen LogP contribution < -0.4 is 0 Å². The van der Waals surface area contributed by atoms with Crippen LogP contribution in [-0.2, 0) is 19.6 Å². The van der Waals surface area contributed by atoms with Gasteiger partial charge in [-0.25, -0.2) is 8.42 Å². The summed E-state index contributed by atoms with van der Waals surface area (Å²) >= 11 is 1.43. The van der Waals surface area contributed by atoms with E-state index in [4.69, 9.17) is 4.74 Å². The van der Waals surface area contributed by atoms with E-state index in [0.717, 1.165) is 4.90 Å². The Morgan fingerprint density at radius 2 is 1.76 bits per heavy atom. The van der Waals surface area contributed by atoms with Crippen molar-refractivity contribution in [3.05, 3.63) is 24.3 Å². The monoisotopic (exact) mass is 384 g/mol. The van der Waals surface area contributed by atoms with Gasteiger partial charge in [-0.1, -0.05) is 12.1 Å². The van der Waals surface area contributed by atoms with Crippen LogP contribution >= 0.6 is 11.8 Å². The second-order valence-corrected chi connectivity index (χ2v) is 9.02. The number of sulfonamides is 1. The predicted molar refractivity (Wildman–Crippen MR) is 97.1 cm³/mol. The van der Waals surface area contributed by atoms with Gasteiger partial charge < -0.3 is 9.64 Å². The number of carbonyl (C=O) groups is 1. The molecule has 6 nitrogen and oxygen atoms in total. The van der Waals surface area contributed by atoms with Crippen LogP contribution in [0.25, 0.3) is 0 Å². The molecule has 0 aromatic heterocycles. The van der Waals surface area contributed by atoms with Gasteiger partial charge >= 0.3 is 0 Å². The van der Waals surface area contributed by atoms with Crippen LogP contribution in [0.15, 0.2) is 34.1 Å². The molecule has 0 saturated carbocycles. The van der Waals surface area contributed by atoms with E-state index in [1.165, 1.54) is 16.1 Å². The maximum atomic E-state index is 12.9. The summed E-state index contributed by atoms with van der Waals surface area (Å²) in [7, 11) is -3.51. The second-order valence-electron chi connectivity index (χ2n) is 6.27. The standard InChI is InChI=1S/C17H24N2O4S2/c1-24-15-4-2-3-5-16(15)25(21,22)19-8-6-14(7-9-19)17(20)18-10-12-23-13-11-18/h2-5,14H,6-13H2,1H3. The average Bonchev–Trinajstić information content (AvgIpc) is 2.68. The maximum Gasteiger partial charge on any atom is 0.244 e. The Bertz CT molecular complexity index is 709. The fourth-order valence-corrected chi connectivity index (χ4v) is 5.95. The minimum absolute atomic E-state index is 0.0830. The molecule has 2 saturated heterocycles. The molecule has 0 unspecified atom stereocenters. The van der Waals surface area contributed by atoms with Crippen LogP contribution in [0, 0.1) is 5.92 Å². The van der Waals surface area contributed by atoms with Crippen LogP contribution in [0.2, 0.25) is 0 Å². The number of piperidine rings is 1. The Hall–Kier alpha value is -1.09. The van der Waals surface area contributed by atoms with Gasteiger partial charge in [0.1, 0.15) is 0 Å². The molecule has 1 aromatic rings. The Labute approximate surface area is 153 Å². The van der Waals surface area contributed by atoms with Crippen molar-refractivity contribution in [1.82, 2.24) is 9.21 Å². The first kappa shape index (κ1) is 18.7. The molecule has 25 heavy (non-hydrogen) atoms. The van der Waals surface area contributed by atoms with Crippen molar-refractivity contribution in [2.75, 3.05) is 45.6 Å². The quantitative estimate of drug-likeness (QED) is 0.739. The van der Waals surface area contributed by atoms with Crippen LogP contribution in [0.5, 0.6) is 0 Å². The van der Waals surface area contributed by atoms with E-state index in [0.29, 0.717) is 57.1 Å². The van der Waals surface area contributed by atoms with Crippen molar-refractivity contribution in [2.45, 2.75) is 22.6 Å². The highest BCUT2D eigenvalue weighted by atomic mass is 32.2. The number of amides is 1. The number of hydrogen-bond acceptors (Lipinski definition) is 5. The molecular formula is C17H24N2O4S2. The second kappa shape index (κ2) is 8.07. The third-order valence-corrected chi connectivity index (χ3v) is 7.69. The van der Waals surface area contributed by atoms with Gasteiger partial charge in [-0.15, -0.1) is 11.8 Å². The van der Waals surface area contributed by atoms with Crippen molar-refractivity contribution < 1.29 is 17.9 Å². The average molecular weight is 385 g/mol. The first-order valence-electron chi connectivity index (χ1n) is 8.53. The molecule has 3 rings (SSSR count). The summed E-state index contributed by atoms with van der Waals surface area (Å²) in [5.41, 5.74) is 0. The molecule has 0 radical (unpaired) electrons. The number of hydrogen-bond donors (Lipinski definition) is 0. The molecule has 0 N–H and O–H groups in total. The molecular weight excluding hydrogens is 360 g/mol. The molecule has 0 aliphatic carbocycles. The number of nitrogens with zero attached hydrogens (tertiary/aromatic N) is 2. The van der Waals surface area contributed by atoms with Crippen molar-refractivity contribution >= 4 is 27.7 Å². The highest BCUT2D eigenvalue weighted by Crippen LogP contribution is 2.30. The summed E-state index contributed by atoms with van der Waals surface area (Å²) in [6, 6.07) is 7.08. The summed E-state index contributed by atoms with van der Waals surface area (Å²) in [5, 5.41) is 0. The molecule has 1 aromatic carbocycles. The van der Waals surface area contributed by atoms with Crippen LogP contribution in [0.3, 0.4) is 0 Å². The SMILES string of the molecule is CSc1ccccc1S(=O)(=O)N1CCC(C(=O)N2CCOCC2)CC1. The van der Waals surface area contributed by atoms with Gasteiger partial charge in [0.15, 0.2) is 0 Å². The van der Waals surface area contributed by atoms with Gasteiger partial charge in [0.2, 0.25) is 15.9 Å². The zero-order valence-corrected chi connectivity index (χ0v) is 16.0. The third-order valence-electron chi connectivity index (χ3n) is 4.81. The number of benzene rings is 1. The van der Waals surface area contributed by atoms with E-state index in [-0.39, 0.29) is 11.8 Å². The molecule has 0 atom stereocenters. The van der Waals surface area contributed by atoms with Crippen molar-refractivity contribution in [1.29, 1.82) is 0 Å². The first-order chi connectivity index (χ1) is 12.0. The summed E-state index contributed by atoms with van der Waals surface area (Å²) in [6.07, 6.45) is 3.04. The van der Waals surface area contributed by atoms with Crippen LogP contribution in [0.4, 0.5) is 0 Å². The Kier molecular flexibility index (Phi) is 6.04. The number of rotatable bonds is 4. The zero-order chi connectivity index (χ0) is 17.9. The van der Waals surface area contributed by atoms with Gasteiger partial charge in [0.05, 0.1) is 18.1 Å². The number of thioether (sulfide) groups is 1. The summed E-state index contributed by atoms with van der Waals surface area (Å²) in [5.74, 6) is 0.0604. The minimum atomic E-state index is -3.51. The van der Waals surface area contributed by atoms with E-state index in [9.17, 15) is 13.2 Å². The maximum absolute atomic E-state index is 12.9. The Morgan fingerprint density at radius 3 is 2.40 bits per heavy atom. The van der Waals surface area contributed by atoms with Crippen molar-refractivity contribution in [3.8, 4) is 0 Å². The highest BCUT2D eigenvalue weighted by Gasteiger charge is 2.34. The summed E-state index contributed by atoms with van der Waals surface area (Å²) in [4.78, 5) is 15.5. The van der Waals surface area contributed by atoms with E-state index in [1.54, 1.807) is 12.1 Å². The van der Waals surface area contributed by atoms with E-state index >= 15 is 0 Å². The molecule has 8 heteroatoms. The Balaban J connectivity index is 1.66. The van der Waals surface area contributed by atoms with E-state index < -0.39 is 10.0 Å². The first-order valence-corrected chi connectivity index (χ1v) is 11.2. The van der Waals surface area contributed by atoms with Crippen molar-refractivity contribution in [3.63, 3.8) is 0 Å². The fourth-order valence-electron chi connectivity index (χ4n) is 3.36. The van der Waals surface area contributed by atoms with Crippen LogP contribution in [0.1, 0.15) is 12.8 Å². The van der Waals surface area contributed by atoms with Gasteiger partial charge in [-0.3, -0.25) is 4.79 Å². The van der Waals surface area contributed by atoms with Crippen molar-refractivity contribution in [2.24, 2.45) is 5.92 Å². The van der Waals surface area contributed by atoms with E-state index in [2.05, 4.69) is 0 Å². The number of morpholine rings is 1. The molecule has 0 spiro atoms. The lowest BCUT2D eigenvalue weighted by Crippen LogP contribution is -2.47. The smallest absolute Gasteiger partial charge is 0.244 e. The lowest BCUT2D eigenvalue weighted by Gasteiger charge is -2.35. The molecule has 2 aliphatic heterocycles. The molecule has 2 aliphatic rings. The molecule has 0 bridgehead atoms. The topological polar surface area (TPSA) is 66.9 Å². The Morgan fingerprint density at radius 1 is 1.12 bits per heavy atom.